The normalized spacial score (nSPS) is 18.5. The quantitative estimate of drug-likeness (QED) is 0.502. The number of rotatable bonds is 3. The smallest absolute Gasteiger partial charge is 0.318 e. The molecule has 1 aliphatic heterocycles. The summed E-state index contributed by atoms with van der Waals surface area (Å²) in [5.74, 6) is -1.24. The van der Waals surface area contributed by atoms with Crippen LogP contribution >= 0.6 is 47.8 Å². The van der Waals surface area contributed by atoms with E-state index in [1.54, 1.807) is 6.92 Å². The summed E-state index contributed by atoms with van der Waals surface area (Å²) >= 11 is 10.4. The van der Waals surface area contributed by atoms with Crippen LogP contribution in [-0.2, 0) is 14.3 Å². The minimum absolute atomic E-state index is 0.106. The van der Waals surface area contributed by atoms with Crippen LogP contribution < -0.4 is 4.90 Å². The number of ether oxygens (including phenoxy) is 1. The molecule has 0 amide bonds. The Morgan fingerprint density at radius 3 is 2.50 bits per heavy atom. The molecule has 1 aromatic rings. The Bertz CT molecular complexity index is 539. The van der Waals surface area contributed by atoms with E-state index in [4.69, 9.17) is 4.74 Å². The average Bonchev–Trinajstić information content (AvgIpc) is 2.70. The highest BCUT2D eigenvalue weighted by Crippen LogP contribution is 2.38. The number of ketones is 1. The van der Waals surface area contributed by atoms with Gasteiger partial charge in [0.15, 0.2) is 5.78 Å². The lowest BCUT2D eigenvalue weighted by Crippen LogP contribution is -2.26. The van der Waals surface area contributed by atoms with Gasteiger partial charge < -0.3 is 9.64 Å². The van der Waals surface area contributed by atoms with Crippen molar-refractivity contribution in [2.24, 2.45) is 5.92 Å². The van der Waals surface area contributed by atoms with Crippen molar-refractivity contribution in [3.8, 4) is 0 Å². The monoisotopic (exact) mass is 467 g/mol. The van der Waals surface area contributed by atoms with Gasteiger partial charge in [0.2, 0.25) is 0 Å². The van der Waals surface area contributed by atoms with Gasteiger partial charge in [0.05, 0.1) is 18.8 Å². The summed E-state index contributed by atoms with van der Waals surface area (Å²) in [4.78, 5) is 25.6. The van der Waals surface area contributed by atoms with Crippen LogP contribution in [0.3, 0.4) is 0 Å². The van der Waals surface area contributed by atoms with Crippen molar-refractivity contribution in [3.63, 3.8) is 0 Å². The van der Waals surface area contributed by atoms with E-state index in [9.17, 15) is 9.59 Å². The van der Waals surface area contributed by atoms with Gasteiger partial charge in [0.25, 0.3) is 0 Å². The highest BCUT2D eigenvalue weighted by Gasteiger charge is 2.38. The molecule has 0 N–H and O–H groups in total. The number of halogens is 3. The van der Waals surface area contributed by atoms with Crippen molar-refractivity contribution in [2.45, 2.75) is 6.92 Å². The Morgan fingerprint density at radius 2 is 1.95 bits per heavy atom. The summed E-state index contributed by atoms with van der Waals surface area (Å²) in [6.45, 7) is 2.57. The third kappa shape index (κ3) is 3.26. The maximum atomic E-state index is 12.0. The van der Waals surface area contributed by atoms with Crippen LogP contribution in [0, 0.1) is 5.92 Å². The topological polar surface area (TPSA) is 46.6 Å². The average molecular weight is 470 g/mol. The zero-order chi connectivity index (χ0) is 14.9. The summed E-state index contributed by atoms with van der Waals surface area (Å²) in [6, 6.07) is 3.81. The van der Waals surface area contributed by atoms with Gasteiger partial charge in [-0.1, -0.05) is 15.9 Å². The Labute approximate surface area is 142 Å². The molecule has 0 aromatic heterocycles. The van der Waals surface area contributed by atoms with Crippen LogP contribution in [0.4, 0.5) is 5.69 Å². The number of nitrogens with zero attached hydrogens (tertiary/aromatic N) is 1. The molecule has 0 saturated carbocycles. The second kappa shape index (κ2) is 6.58. The van der Waals surface area contributed by atoms with Gasteiger partial charge in [-0.25, -0.2) is 0 Å². The number of anilines is 1. The molecule has 7 heteroatoms. The molecule has 2 rings (SSSR count). The molecule has 4 nitrogen and oxygen atoms in total. The first kappa shape index (κ1) is 16.0. The maximum Gasteiger partial charge on any atom is 0.318 e. The van der Waals surface area contributed by atoms with Crippen molar-refractivity contribution < 1.29 is 14.3 Å². The predicted molar refractivity (Wildman–Crippen MR) is 86.9 cm³/mol. The number of hydrogen-bond donors (Lipinski definition) is 0. The van der Waals surface area contributed by atoms with E-state index in [0.29, 0.717) is 6.54 Å². The van der Waals surface area contributed by atoms with Crippen LogP contribution in [0.5, 0.6) is 0 Å². The lowest BCUT2D eigenvalue weighted by Gasteiger charge is -2.21. The van der Waals surface area contributed by atoms with E-state index in [2.05, 4.69) is 47.8 Å². The number of carbonyl (C=O) groups excluding carboxylic acids is 2. The standard InChI is InChI=1S/C13H12Br3NO3/c1-2-20-13(19)8-5-17(6-11(8)18)12-9(15)3-7(14)4-10(12)16/h3-4,8H,2,5-6H2,1H3. The highest BCUT2D eigenvalue weighted by atomic mass is 79.9. The summed E-state index contributed by atoms with van der Waals surface area (Å²) in [5.41, 5.74) is 0.869. The molecule has 0 spiro atoms. The number of carbonyl (C=O) groups is 2. The zero-order valence-electron chi connectivity index (χ0n) is 10.7. The fraction of sp³-hybridized carbons (Fsp3) is 0.385. The van der Waals surface area contributed by atoms with Crippen LogP contribution in [0.2, 0.25) is 0 Å². The molecule has 1 heterocycles. The summed E-state index contributed by atoms with van der Waals surface area (Å²) in [6.07, 6.45) is 0. The van der Waals surface area contributed by atoms with Crippen LogP contribution in [0.25, 0.3) is 0 Å². The molecule has 1 fully saturated rings. The van der Waals surface area contributed by atoms with Gasteiger partial charge in [-0.15, -0.1) is 0 Å². The molecular formula is C13H12Br3NO3. The van der Waals surface area contributed by atoms with E-state index in [1.165, 1.54) is 0 Å². The first-order chi connectivity index (χ1) is 9.43. The van der Waals surface area contributed by atoms with Crippen molar-refractivity contribution in [1.29, 1.82) is 0 Å². The van der Waals surface area contributed by atoms with E-state index in [0.717, 1.165) is 19.1 Å². The van der Waals surface area contributed by atoms with Gasteiger partial charge in [0.1, 0.15) is 5.92 Å². The molecule has 20 heavy (non-hydrogen) atoms. The Morgan fingerprint density at radius 1 is 1.35 bits per heavy atom. The fourth-order valence-electron chi connectivity index (χ4n) is 2.14. The molecule has 1 aliphatic rings. The van der Waals surface area contributed by atoms with Crippen molar-refractivity contribution >= 4 is 65.2 Å². The minimum atomic E-state index is -0.697. The SMILES string of the molecule is CCOC(=O)C1CN(c2c(Br)cc(Br)cc2Br)CC1=O. The third-order valence-corrected chi connectivity index (χ3v) is 4.67. The van der Waals surface area contributed by atoms with Crippen molar-refractivity contribution in [1.82, 2.24) is 0 Å². The van der Waals surface area contributed by atoms with Gasteiger partial charge in [-0.2, -0.15) is 0 Å². The Kier molecular flexibility index (Phi) is 5.25. The molecular weight excluding hydrogens is 458 g/mol. The highest BCUT2D eigenvalue weighted by molar-refractivity contribution is 9.11. The van der Waals surface area contributed by atoms with Crippen LogP contribution in [-0.4, -0.2) is 31.4 Å². The lowest BCUT2D eigenvalue weighted by molar-refractivity contribution is -0.149. The van der Waals surface area contributed by atoms with E-state index in [1.807, 2.05) is 17.0 Å². The second-order valence-electron chi connectivity index (χ2n) is 4.37. The lowest BCUT2D eigenvalue weighted by atomic mass is 10.1. The van der Waals surface area contributed by atoms with E-state index < -0.39 is 11.9 Å². The molecule has 0 aliphatic carbocycles. The van der Waals surface area contributed by atoms with Gasteiger partial charge in [0, 0.05) is 20.0 Å². The number of esters is 1. The number of benzene rings is 1. The third-order valence-electron chi connectivity index (χ3n) is 3.01. The predicted octanol–water partition coefficient (Wildman–Crippen LogP) is 3.54. The molecule has 0 bridgehead atoms. The second-order valence-corrected chi connectivity index (χ2v) is 6.99. The molecule has 108 valence electrons. The van der Waals surface area contributed by atoms with Crippen LogP contribution in [0.1, 0.15) is 6.92 Å². The number of hydrogen-bond acceptors (Lipinski definition) is 4. The molecule has 1 atom stereocenters. The summed E-state index contributed by atoms with van der Waals surface area (Å²) in [7, 11) is 0. The molecule has 1 saturated heterocycles. The van der Waals surface area contributed by atoms with Crippen molar-refractivity contribution in [3.05, 3.63) is 25.6 Å². The fourth-order valence-corrected chi connectivity index (χ4v) is 4.90. The molecule has 0 radical (unpaired) electrons. The van der Waals surface area contributed by atoms with Gasteiger partial charge in [-0.05, 0) is 50.9 Å². The molecule has 1 unspecified atom stereocenters. The van der Waals surface area contributed by atoms with Gasteiger partial charge >= 0.3 is 5.97 Å². The summed E-state index contributed by atoms with van der Waals surface area (Å²) < 4.78 is 7.58. The van der Waals surface area contributed by atoms with E-state index >= 15 is 0 Å². The largest absolute Gasteiger partial charge is 0.465 e. The van der Waals surface area contributed by atoms with Crippen LogP contribution in [0.15, 0.2) is 25.6 Å². The Balaban J connectivity index is 2.25. The minimum Gasteiger partial charge on any atom is -0.465 e. The van der Waals surface area contributed by atoms with Crippen molar-refractivity contribution in [2.75, 3.05) is 24.6 Å². The first-order valence-electron chi connectivity index (χ1n) is 6.03. The number of Topliss-reactive ketones (excluding diaryl/α,β-unsaturated/α-hetero) is 1. The Hall–Kier alpha value is -0.400. The first-order valence-corrected chi connectivity index (χ1v) is 8.40. The van der Waals surface area contributed by atoms with E-state index in [-0.39, 0.29) is 18.9 Å². The zero-order valence-corrected chi connectivity index (χ0v) is 15.4. The maximum absolute atomic E-state index is 12.0. The van der Waals surface area contributed by atoms with Gasteiger partial charge in [-0.3, -0.25) is 9.59 Å². The summed E-state index contributed by atoms with van der Waals surface area (Å²) in [5, 5.41) is 0. The molecule has 1 aromatic carbocycles.